The summed E-state index contributed by atoms with van der Waals surface area (Å²) in [6.45, 7) is 3.12. The Labute approximate surface area is 113 Å². The highest BCUT2D eigenvalue weighted by Crippen LogP contribution is 2.16. The van der Waals surface area contributed by atoms with E-state index in [1.165, 1.54) is 4.68 Å². The molecule has 96 valence electrons. The van der Waals surface area contributed by atoms with Gasteiger partial charge < -0.3 is 9.73 Å². The summed E-state index contributed by atoms with van der Waals surface area (Å²) in [6, 6.07) is 3.78. The van der Waals surface area contributed by atoms with Gasteiger partial charge in [-0.15, -0.1) is 0 Å². The molecule has 0 aliphatic carbocycles. The molecular formula is C12H14BrN3O2. The van der Waals surface area contributed by atoms with Gasteiger partial charge in [0.15, 0.2) is 0 Å². The first kappa shape index (κ1) is 12.9. The number of nitrogens with one attached hydrogen (secondary N) is 1. The molecule has 1 N–H and O–H groups in total. The molecule has 5 nitrogen and oxygen atoms in total. The monoisotopic (exact) mass is 311 g/mol. The number of nitrogens with zero attached hydrogens (tertiary/aromatic N) is 2. The lowest BCUT2D eigenvalue weighted by Crippen LogP contribution is -2.23. The summed E-state index contributed by atoms with van der Waals surface area (Å²) in [4.78, 5) is 11.8. The second kappa shape index (κ2) is 5.86. The first-order valence-electron chi connectivity index (χ1n) is 5.74. The first-order chi connectivity index (χ1) is 8.72. The molecule has 0 saturated carbocycles. The summed E-state index contributed by atoms with van der Waals surface area (Å²) in [6.07, 6.45) is 4.06. The van der Waals surface area contributed by atoms with Gasteiger partial charge in [-0.3, -0.25) is 4.79 Å². The van der Waals surface area contributed by atoms with Crippen LogP contribution in [0.15, 0.2) is 38.3 Å². The number of aromatic nitrogens is 2. The molecule has 2 heterocycles. The molecule has 2 aromatic rings. The van der Waals surface area contributed by atoms with Crippen molar-refractivity contribution in [2.24, 2.45) is 0 Å². The molecule has 2 aromatic heterocycles. The number of anilines is 1. The first-order valence-corrected chi connectivity index (χ1v) is 6.53. The van der Waals surface area contributed by atoms with E-state index in [2.05, 4.69) is 26.3 Å². The zero-order valence-corrected chi connectivity index (χ0v) is 11.6. The zero-order valence-electron chi connectivity index (χ0n) is 10.0. The van der Waals surface area contributed by atoms with Gasteiger partial charge in [0, 0.05) is 19.5 Å². The molecule has 0 atom stereocenters. The van der Waals surface area contributed by atoms with Crippen LogP contribution in [0, 0.1) is 0 Å². The third kappa shape index (κ3) is 2.81. The smallest absolute Gasteiger partial charge is 0.283 e. The van der Waals surface area contributed by atoms with E-state index >= 15 is 0 Å². The van der Waals surface area contributed by atoms with Gasteiger partial charge in [-0.2, -0.15) is 5.10 Å². The predicted molar refractivity (Wildman–Crippen MR) is 72.8 cm³/mol. The maximum atomic E-state index is 11.8. The molecule has 0 saturated heterocycles. The summed E-state index contributed by atoms with van der Waals surface area (Å²) in [7, 11) is 0. The molecule has 0 aliphatic rings. The molecular weight excluding hydrogens is 298 g/mol. The van der Waals surface area contributed by atoms with Crippen LogP contribution in [0.4, 0.5) is 5.69 Å². The van der Waals surface area contributed by atoms with Crippen LogP contribution < -0.4 is 10.9 Å². The fraction of sp³-hybridized carbons (Fsp3) is 0.333. The highest BCUT2D eigenvalue weighted by molar-refractivity contribution is 9.10. The lowest BCUT2D eigenvalue weighted by molar-refractivity contribution is 0.513. The minimum atomic E-state index is -0.125. The van der Waals surface area contributed by atoms with E-state index in [4.69, 9.17) is 4.42 Å². The molecule has 0 radical (unpaired) electrons. The summed E-state index contributed by atoms with van der Waals surface area (Å²) in [5, 5.41) is 7.22. The summed E-state index contributed by atoms with van der Waals surface area (Å²) in [5.41, 5.74) is 0.580. The van der Waals surface area contributed by atoms with E-state index in [-0.39, 0.29) is 5.56 Å². The van der Waals surface area contributed by atoms with Gasteiger partial charge in [-0.25, -0.2) is 4.68 Å². The van der Waals surface area contributed by atoms with Crippen molar-refractivity contribution in [3.05, 3.63) is 45.2 Å². The van der Waals surface area contributed by atoms with Crippen molar-refractivity contribution in [1.82, 2.24) is 9.78 Å². The number of hydrogen-bond donors (Lipinski definition) is 1. The van der Waals surface area contributed by atoms with Gasteiger partial charge in [0.05, 0.1) is 18.1 Å². The highest BCUT2D eigenvalue weighted by atomic mass is 79.9. The molecule has 0 spiro atoms. The summed E-state index contributed by atoms with van der Waals surface area (Å²) >= 11 is 3.29. The Morgan fingerprint density at radius 3 is 3.06 bits per heavy atom. The van der Waals surface area contributed by atoms with Crippen LogP contribution in [0.5, 0.6) is 0 Å². The number of hydrogen-bond acceptors (Lipinski definition) is 4. The average Bonchev–Trinajstić information content (AvgIpc) is 2.88. The average molecular weight is 312 g/mol. The van der Waals surface area contributed by atoms with Gasteiger partial charge in [-0.05, 0) is 35.0 Å². The third-order valence-electron chi connectivity index (χ3n) is 2.55. The van der Waals surface area contributed by atoms with Gasteiger partial charge in [-0.1, -0.05) is 0 Å². The Bertz CT molecular complexity index is 563. The number of rotatable bonds is 5. The van der Waals surface area contributed by atoms with Crippen LogP contribution in [0.3, 0.4) is 0 Å². The van der Waals surface area contributed by atoms with E-state index in [1.807, 2.05) is 19.1 Å². The Kier molecular flexibility index (Phi) is 4.19. The highest BCUT2D eigenvalue weighted by Gasteiger charge is 2.07. The maximum Gasteiger partial charge on any atom is 0.283 e. The molecule has 0 amide bonds. The van der Waals surface area contributed by atoms with Gasteiger partial charge in [0.1, 0.15) is 10.2 Å². The van der Waals surface area contributed by atoms with Gasteiger partial charge in [0.2, 0.25) is 0 Å². The van der Waals surface area contributed by atoms with E-state index < -0.39 is 0 Å². The predicted octanol–water partition coefficient (Wildman–Crippen LogP) is 2.27. The fourth-order valence-electron chi connectivity index (χ4n) is 1.59. The topological polar surface area (TPSA) is 60.1 Å². The second-order valence-electron chi connectivity index (χ2n) is 3.75. The van der Waals surface area contributed by atoms with Crippen molar-refractivity contribution in [3.63, 3.8) is 0 Å². The van der Waals surface area contributed by atoms with Gasteiger partial charge in [0.25, 0.3) is 5.56 Å². The standard InChI is InChI=1S/C12H14BrN3O2/c1-2-16-12(17)11(13)10(8-15-16)14-6-5-9-4-3-7-18-9/h3-4,7-8,14H,2,5-6H2,1H3. The largest absolute Gasteiger partial charge is 0.469 e. The van der Waals surface area contributed by atoms with Crippen LogP contribution in [0.1, 0.15) is 12.7 Å². The van der Waals surface area contributed by atoms with E-state index in [0.717, 1.165) is 12.2 Å². The van der Waals surface area contributed by atoms with E-state index in [0.29, 0.717) is 23.2 Å². The van der Waals surface area contributed by atoms with Crippen LogP contribution in [-0.2, 0) is 13.0 Å². The van der Waals surface area contributed by atoms with Crippen molar-refractivity contribution < 1.29 is 4.42 Å². The Morgan fingerprint density at radius 2 is 2.39 bits per heavy atom. The molecule has 2 rings (SSSR count). The second-order valence-corrected chi connectivity index (χ2v) is 4.54. The Balaban J connectivity index is 2.02. The number of halogens is 1. The molecule has 0 aromatic carbocycles. The summed E-state index contributed by atoms with van der Waals surface area (Å²) < 4.78 is 7.15. The van der Waals surface area contributed by atoms with Crippen LogP contribution in [-0.4, -0.2) is 16.3 Å². The number of aryl methyl sites for hydroxylation is 1. The third-order valence-corrected chi connectivity index (χ3v) is 3.32. The van der Waals surface area contributed by atoms with Crippen molar-refractivity contribution in [3.8, 4) is 0 Å². The minimum Gasteiger partial charge on any atom is -0.469 e. The molecule has 0 unspecified atom stereocenters. The number of furan rings is 1. The molecule has 0 fully saturated rings. The SMILES string of the molecule is CCn1ncc(NCCc2ccco2)c(Br)c1=O. The van der Waals surface area contributed by atoms with E-state index in [9.17, 15) is 4.79 Å². The van der Waals surface area contributed by atoms with Crippen molar-refractivity contribution >= 4 is 21.6 Å². The Hall–Kier alpha value is -1.56. The van der Waals surface area contributed by atoms with Gasteiger partial charge >= 0.3 is 0 Å². The van der Waals surface area contributed by atoms with Crippen LogP contribution in [0.2, 0.25) is 0 Å². The van der Waals surface area contributed by atoms with Crippen LogP contribution in [0.25, 0.3) is 0 Å². The normalized spacial score (nSPS) is 10.6. The lowest BCUT2D eigenvalue weighted by Gasteiger charge is -2.08. The fourth-order valence-corrected chi connectivity index (χ4v) is 2.04. The quantitative estimate of drug-likeness (QED) is 0.920. The Morgan fingerprint density at radius 1 is 1.56 bits per heavy atom. The van der Waals surface area contributed by atoms with Crippen molar-refractivity contribution in [2.75, 3.05) is 11.9 Å². The summed E-state index contributed by atoms with van der Waals surface area (Å²) in [5.74, 6) is 0.911. The maximum absolute atomic E-state index is 11.8. The molecule has 6 heteroatoms. The zero-order chi connectivity index (χ0) is 13.0. The van der Waals surface area contributed by atoms with Crippen LogP contribution >= 0.6 is 15.9 Å². The molecule has 0 bridgehead atoms. The van der Waals surface area contributed by atoms with Crippen molar-refractivity contribution in [2.45, 2.75) is 19.9 Å². The molecule has 0 aliphatic heterocycles. The minimum absolute atomic E-state index is 0.125. The molecule has 18 heavy (non-hydrogen) atoms. The van der Waals surface area contributed by atoms with E-state index in [1.54, 1.807) is 12.5 Å². The van der Waals surface area contributed by atoms with Crippen molar-refractivity contribution in [1.29, 1.82) is 0 Å². The lowest BCUT2D eigenvalue weighted by atomic mass is 10.3.